The van der Waals surface area contributed by atoms with Crippen LogP contribution >= 0.6 is 0 Å². The highest BCUT2D eigenvalue weighted by Gasteiger charge is 2.39. The summed E-state index contributed by atoms with van der Waals surface area (Å²) in [5.74, 6) is 0.0604. The minimum Gasteiger partial charge on any atom is -0.493 e. The normalized spacial score (nSPS) is 17.4. The van der Waals surface area contributed by atoms with Crippen LogP contribution in [0.2, 0.25) is 0 Å². The molecular formula is C38H36N6O8. The maximum absolute atomic E-state index is 14.2. The summed E-state index contributed by atoms with van der Waals surface area (Å²) in [5, 5.41) is 5.93. The molecule has 0 aliphatic carbocycles. The summed E-state index contributed by atoms with van der Waals surface area (Å²) in [6.45, 7) is 3.72. The van der Waals surface area contributed by atoms with E-state index in [2.05, 4.69) is 20.6 Å². The number of hydrogen-bond acceptors (Lipinski definition) is 9. The fourth-order valence-electron chi connectivity index (χ4n) is 6.56. The van der Waals surface area contributed by atoms with E-state index in [0.717, 1.165) is 22.3 Å². The monoisotopic (exact) mass is 704 g/mol. The molecule has 2 aromatic heterocycles. The second kappa shape index (κ2) is 13.7. The number of pyridine rings is 1. The molecule has 52 heavy (non-hydrogen) atoms. The Morgan fingerprint density at radius 2 is 1.79 bits per heavy atom. The number of benzene rings is 3. The van der Waals surface area contributed by atoms with Gasteiger partial charge in [0, 0.05) is 31.4 Å². The number of aromatic amines is 1. The molecule has 5 heterocycles. The third kappa shape index (κ3) is 6.57. The second-order valence-electron chi connectivity index (χ2n) is 12.9. The van der Waals surface area contributed by atoms with Crippen LogP contribution < -0.4 is 36.1 Å². The predicted octanol–water partition coefficient (Wildman–Crippen LogP) is 2.62. The first-order valence-corrected chi connectivity index (χ1v) is 16.6. The van der Waals surface area contributed by atoms with Gasteiger partial charge in [-0.1, -0.05) is 24.3 Å². The molecule has 3 aromatic carbocycles. The van der Waals surface area contributed by atoms with Crippen LogP contribution in [0, 0.1) is 13.8 Å². The van der Waals surface area contributed by atoms with Crippen molar-refractivity contribution in [3.05, 3.63) is 116 Å². The first-order valence-electron chi connectivity index (χ1n) is 16.6. The molecular weight excluding hydrogens is 668 g/mol. The van der Waals surface area contributed by atoms with Gasteiger partial charge in [-0.2, -0.15) is 0 Å². The molecule has 5 aromatic rings. The Bertz CT molecular complexity index is 2380. The van der Waals surface area contributed by atoms with Crippen LogP contribution in [0.25, 0.3) is 22.2 Å². The Morgan fingerprint density at radius 3 is 2.60 bits per heavy atom. The first kappa shape index (κ1) is 34.0. The van der Waals surface area contributed by atoms with Crippen molar-refractivity contribution in [3.8, 4) is 28.4 Å². The number of likely N-dealkylation sites (tertiary alicyclic amines) is 1. The summed E-state index contributed by atoms with van der Waals surface area (Å²) < 4.78 is 19.1. The molecule has 6 bridgehead atoms. The summed E-state index contributed by atoms with van der Waals surface area (Å²) in [7, 11) is 2.96. The fraction of sp³-hybridized carbons (Fsp3) is 0.263. The summed E-state index contributed by atoms with van der Waals surface area (Å²) >= 11 is 0. The number of methoxy groups -OCH3 is 1. The van der Waals surface area contributed by atoms with Crippen molar-refractivity contribution >= 4 is 28.8 Å². The van der Waals surface area contributed by atoms with Gasteiger partial charge in [-0.05, 0) is 78.6 Å². The number of rotatable bonds is 2. The molecule has 2 atom stereocenters. The van der Waals surface area contributed by atoms with Crippen molar-refractivity contribution in [1.82, 2.24) is 30.1 Å². The van der Waals surface area contributed by atoms with Crippen LogP contribution in [0.3, 0.4) is 0 Å². The van der Waals surface area contributed by atoms with Crippen LogP contribution in [-0.2, 0) is 18.4 Å². The molecule has 8 rings (SSSR count). The quantitative estimate of drug-likeness (QED) is 0.250. The molecule has 3 N–H and O–H groups in total. The van der Waals surface area contributed by atoms with Gasteiger partial charge in [0.05, 0.1) is 30.6 Å². The Labute approximate surface area is 297 Å². The minimum absolute atomic E-state index is 0.0161. The van der Waals surface area contributed by atoms with E-state index in [1.807, 2.05) is 31.2 Å². The van der Waals surface area contributed by atoms with E-state index in [9.17, 15) is 24.0 Å². The highest BCUT2D eigenvalue weighted by atomic mass is 16.5. The molecule has 0 unspecified atom stereocenters. The second-order valence-corrected chi connectivity index (χ2v) is 12.9. The van der Waals surface area contributed by atoms with Crippen LogP contribution in [0.15, 0.2) is 76.3 Å². The number of hydrogen-bond donors (Lipinski definition) is 3. The predicted molar refractivity (Wildman–Crippen MR) is 191 cm³/mol. The molecule has 1 fully saturated rings. The Kier molecular flexibility index (Phi) is 8.97. The lowest BCUT2D eigenvalue weighted by Gasteiger charge is -2.23. The molecule has 1 saturated heterocycles. The van der Waals surface area contributed by atoms with Gasteiger partial charge in [0.15, 0.2) is 18.1 Å². The fourth-order valence-corrected chi connectivity index (χ4v) is 6.56. The van der Waals surface area contributed by atoms with Gasteiger partial charge in [-0.25, -0.2) is 9.78 Å². The lowest BCUT2D eigenvalue weighted by atomic mass is 9.97. The van der Waals surface area contributed by atoms with Gasteiger partial charge in [0.25, 0.3) is 23.3 Å². The topological polar surface area (TPSA) is 174 Å². The van der Waals surface area contributed by atoms with Crippen molar-refractivity contribution in [1.29, 1.82) is 0 Å². The van der Waals surface area contributed by atoms with Crippen LogP contribution in [0.4, 0.5) is 0 Å². The molecule has 3 amide bonds. The molecule has 0 spiro atoms. The average Bonchev–Trinajstić information content (AvgIpc) is 3.53. The zero-order valence-electron chi connectivity index (χ0n) is 28.9. The van der Waals surface area contributed by atoms with Crippen LogP contribution in [0.1, 0.15) is 37.5 Å². The van der Waals surface area contributed by atoms with Gasteiger partial charge in [-0.3, -0.25) is 28.7 Å². The summed E-state index contributed by atoms with van der Waals surface area (Å²) in [5.41, 5.74) is 2.88. The lowest BCUT2D eigenvalue weighted by Crippen LogP contribution is -2.45. The SMILES string of the molecule is COc1cc2ccc1O[C@H]1CN(C(=O)c3cc(C)nc4c3c(=O)[nH]c(=O)n4C)C[C@@H]1NC(=O)c1ccc(C)c(c1)-c1cccc(c1)OCC(=O)NC2. The Hall–Kier alpha value is -6.44. The van der Waals surface area contributed by atoms with E-state index in [4.69, 9.17) is 14.2 Å². The van der Waals surface area contributed by atoms with E-state index in [1.165, 1.54) is 29.7 Å². The number of H-pyrrole nitrogens is 1. The Morgan fingerprint density at radius 1 is 0.962 bits per heavy atom. The van der Waals surface area contributed by atoms with Gasteiger partial charge < -0.3 is 29.7 Å². The van der Waals surface area contributed by atoms with Crippen molar-refractivity contribution in [2.75, 3.05) is 26.8 Å². The first-order chi connectivity index (χ1) is 25.0. The molecule has 3 aliphatic rings. The van der Waals surface area contributed by atoms with Gasteiger partial charge in [0.2, 0.25) is 0 Å². The minimum atomic E-state index is -0.742. The summed E-state index contributed by atoms with van der Waals surface area (Å²) in [6, 6.07) is 18.7. The molecule has 0 radical (unpaired) electrons. The highest BCUT2D eigenvalue weighted by molar-refractivity contribution is 6.05. The Balaban J connectivity index is 1.28. The standard InChI is InChI=1S/C38H36N6O8/c1-20-8-10-24-15-26(20)23-6-5-7-25(14-23)51-19-32(45)39-16-22-9-11-29(30(13-22)50-4)52-31-18-44(17-28(31)41-35(24)46)37(48)27-12-21(2)40-34-33(27)36(47)42-38(49)43(34)3/h5-15,28,31H,16-19H2,1-4H3,(H,39,45)(H,41,46)(H,42,47,49)/t28-,31-/m0/s1. The number of aromatic nitrogens is 3. The van der Waals surface area contributed by atoms with Crippen molar-refractivity contribution < 1.29 is 28.6 Å². The number of nitrogens with zero attached hydrogens (tertiary/aromatic N) is 3. The third-order valence-electron chi connectivity index (χ3n) is 9.31. The van der Waals surface area contributed by atoms with Crippen LogP contribution in [0.5, 0.6) is 17.2 Å². The molecule has 14 heteroatoms. The summed E-state index contributed by atoms with van der Waals surface area (Å²) in [6.07, 6.45) is -0.742. The maximum atomic E-state index is 14.2. The van der Waals surface area contributed by atoms with Gasteiger partial charge >= 0.3 is 5.69 Å². The maximum Gasteiger partial charge on any atom is 0.329 e. The van der Waals surface area contributed by atoms with E-state index in [0.29, 0.717) is 28.5 Å². The largest absolute Gasteiger partial charge is 0.493 e. The highest BCUT2D eigenvalue weighted by Crippen LogP contribution is 2.32. The number of carbonyl (C=O) groups is 3. The molecule has 266 valence electrons. The molecule has 0 saturated carbocycles. The number of fused-ring (bicyclic) bond motifs is 8. The number of ether oxygens (including phenoxy) is 3. The third-order valence-corrected chi connectivity index (χ3v) is 9.31. The van der Waals surface area contributed by atoms with Crippen molar-refractivity contribution in [2.45, 2.75) is 32.5 Å². The number of aryl methyl sites for hydroxylation is 3. The van der Waals surface area contributed by atoms with E-state index in [1.54, 1.807) is 43.3 Å². The van der Waals surface area contributed by atoms with E-state index in [-0.39, 0.29) is 54.7 Å². The van der Waals surface area contributed by atoms with Crippen molar-refractivity contribution in [3.63, 3.8) is 0 Å². The number of amides is 3. The lowest BCUT2D eigenvalue weighted by molar-refractivity contribution is -0.123. The number of carbonyl (C=O) groups excluding carboxylic acids is 3. The number of nitrogens with one attached hydrogen (secondary N) is 3. The van der Waals surface area contributed by atoms with E-state index < -0.39 is 29.3 Å². The summed E-state index contributed by atoms with van der Waals surface area (Å²) in [4.78, 5) is 74.4. The van der Waals surface area contributed by atoms with Gasteiger partial charge in [-0.15, -0.1) is 0 Å². The average molecular weight is 705 g/mol. The van der Waals surface area contributed by atoms with Crippen molar-refractivity contribution in [2.24, 2.45) is 7.05 Å². The molecule has 3 aliphatic heterocycles. The van der Waals surface area contributed by atoms with E-state index >= 15 is 0 Å². The molecule has 14 nitrogen and oxygen atoms in total. The smallest absolute Gasteiger partial charge is 0.329 e. The van der Waals surface area contributed by atoms with Crippen LogP contribution in [-0.4, -0.2) is 76.1 Å². The van der Waals surface area contributed by atoms with Gasteiger partial charge in [0.1, 0.15) is 17.5 Å². The zero-order chi connectivity index (χ0) is 36.7. The zero-order valence-corrected chi connectivity index (χ0v) is 28.9.